The number of aromatic nitrogens is 3. The van der Waals surface area contributed by atoms with Crippen molar-refractivity contribution in [1.82, 2.24) is 15.0 Å². The van der Waals surface area contributed by atoms with Gasteiger partial charge >= 0.3 is 0 Å². The zero-order chi connectivity index (χ0) is 10.9. The standard InChI is InChI=1S/C11H19N3O/c1-11(2,3)10-8-14(13-12-10)9-4-6-15-7-5-9/h8-9H,4-7H2,1-3H3. The molecule has 84 valence electrons. The molecular weight excluding hydrogens is 190 g/mol. The molecule has 1 aliphatic heterocycles. The quantitative estimate of drug-likeness (QED) is 0.709. The highest BCUT2D eigenvalue weighted by Crippen LogP contribution is 2.23. The van der Waals surface area contributed by atoms with Crippen LogP contribution in [0.4, 0.5) is 0 Å². The predicted octanol–water partition coefficient (Wildman–Crippen LogP) is 1.93. The smallest absolute Gasteiger partial charge is 0.0880 e. The molecule has 0 aromatic carbocycles. The minimum atomic E-state index is 0.0867. The third-order valence-corrected chi connectivity index (χ3v) is 2.84. The molecule has 1 aromatic heterocycles. The molecule has 2 heterocycles. The van der Waals surface area contributed by atoms with Crippen LogP contribution < -0.4 is 0 Å². The topological polar surface area (TPSA) is 39.9 Å². The van der Waals surface area contributed by atoms with Crippen LogP contribution in [0, 0.1) is 0 Å². The molecule has 0 aliphatic carbocycles. The Morgan fingerprint density at radius 1 is 1.33 bits per heavy atom. The summed E-state index contributed by atoms with van der Waals surface area (Å²) < 4.78 is 7.34. The lowest BCUT2D eigenvalue weighted by Crippen LogP contribution is -2.20. The second kappa shape index (κ2) is 3.93. The molecule has 0 saturated carbocycles. The molecule has 2 rings (SSSR count). The molecule has 0 bridgehead atoms. The molecule has 1 fully saturated rings. The van der Waals surface area contributed by atoms with Crippen LogP contribution in [0.1, 0.15) is 45.3 Å². The van der Waals surface area contributed by atoms with Crippen LogP contribution in [0.15, 0.2) is 6.20 Å². The fourth-order valence-electron chi connectivity index (χ4n) is 1.75. The van der Waals surface area contributed by atoms with Gasteiger partial charge in [-0.3, -0.25) is 0 Å². The van der Waals surface area contributed by atoms with Crippen molar-refractivity contribution in [2.75, 3.05) is 13.2 Å². The van der Waals surface area contributed by atoms with Gasteiger partial charge in [-0.15, -0.1) is 5.10 Å². The molecule has 4 heteroatoms. The first-order valence-corrected chi connectivity index (χ1v) is 5.57. The largest absolute Gasteiger partial charge is 0.381 e. The maximum absolute atomic E-state index is 5.33. The molecular formula is C11H19N3O. The van der Waals surface area contributed by atoms with Crippen molar-refractivity contribution in [3.05, 3.63) is 11.9 Å². The first-order valence-electron chi connectivity index (χ1n) is 5.57. The zero-order valence-corrected chi connectivity index (χ0v) is 9.73. The van der Waals surface area contributed by atoms with Crippen molar-refractivity contribution in [2.45, 2.75) is 45.1 Å². The van der Waals surface area contributed by atoms with Crippen LogP contribution in [-0.2, 0) is 10.2 Å². The highest BCUT2D eigenvalue weighted by atomic mass is 16.5. The Bertz CT molecular complexity index is 321. The minimum absolute atomic E-state index is 0.0867. The maximum Gasteiger partial charge on any atom is 0.0880 e. The lowest BCUT2D eigenvalue weighted by atomic mass is 9.93. The zero-order valence-electron chi connectivity index (χ0n) is 9.73. The second-order valence-electron chi connectivity index (χ2n) is 5.18. The Balaban J connectivity index is 2.12. The van der Waals surface area contributed by atoms with Gasteiger partial charge in [0.05, 0.1) is 11.7 Å². The van der Waals surface area contributed by atoms with E-state index < -0.39 is 0 Å². The number of hydrogen-bond donors (Lipinski definition) is 0. The molecule has 4 nitrogen and oxygen atoms in total. The fraction of sp³-hybridized carbons (Fsp3) is 0.818. The lowest BCUT2D eigenvalue weighted by molar-refractivity contribution is 0.0657. The molecule has 0 amide bonds. The van der Waals surface area contributed by atoms with Gasteiger partial charge in [0.25, 0.3) is 0 Å². The molecule has 0 atom stereocenters. The monoisotopic (exact) mass is 209 g/mol. The van der Waals surface area contributed by atoms with Gasteiger partial charge in [-0.2, -0.15) is 0 Å². The van der Waals surface area contributed by atoms with E-state index in [1.807, 2.05) is 4.68 Å². The molecule has 0 N–H and O–H groups in total. The fourth-order valence-corrected chi connectivity index (χ4v) is 1.75. The molecule has 0 spiro atoms. The van der Waals surface area contributed by atoms with E-state index in [4.69, 9.17) is 4.74 Å². The SMILES string of the molecule is CC(C)(C)c1cn(C2CCOCC2)nn1. The van der Waals surface area contributed by atoms with Crippen molar-refractivity contribution >= 4 is 0 Å². The van der Waals surface area contributed by atoms with E-state index >= 15 is 0 Å². The van der Waals surface area contributed by atoms with E-state index in [1.165, 1.54) is 0 Å². The van der Waals surface area contributed by atoms with E-state index in [0.29, 0.717) is 6.04 Å². The summed E-state index contributed by atoms with van der Waals surface area (Å²) in [4.78, 5) is 0. The van der Waals surface area contributed by atoms with Gasteiger partial charge in [0, 0.05) is 24.8 Å². The van der Waals surface area contributed by atoms with Crippen LogP contribution in [0.2, 0.25) is 0 Å². The second-order valence-corrected chi connectivity index (χ2v) is 5.18. The Kier molecular flexibility index (Phi) is 2.78. The molecule has 1 aromatic rings. The summed E-state index contributed by atoms with van der Waals surface area (Å²) in [5.41, 5.74) is 1.15. The average molecular weight is 209 g/mol. The highest BCUT2D eigenvalue weighted by molar-refractivity contribution is 5.06. The van der Waals surface area contributed by atoms with Crippen LogP contribution in [0.5, 0.6) is 0 Å². The minimum Gasteiger partial charge on any atom is -0.381 e. The van der Waals surface area contributed by atoms with E-state index in [2.05, 4.69) is 37.3 Å². The van der Waals surface area contributed by atoms with Crippen molar-refractivity contribution in [1.29, 1.82) is 0 Å². The van der Waals surface area contributed by atoms with E-state index in [1.54, 1.807) is 0 Å². The third-order valence-electron chi connectivity index (χ3n) is 2.84. The summed E-state index contributed by atoms with van der Waals surface area (Å²) in [6.45, 7) is 8.16. The highest BCUT2D eigenvalue weighted by Gasteiger charge is 2.21. The third kappa shape index (κ3) is 2.37. The maximum atomic E-state index is 5.33. The molecule has 15 heavy (non-hydrogen) atoms. The first-order chi connectivity index (χ1) is 7.07. The molecule has 1 aliphatic rings. The first kappa shape index (κ1) is 10.6. The Hall–Kier alpha value is -0.900. The molecule has 1 saturated heterocycles. The summed E-state index contributed by atoms with van der Waals surface area (Å²) >= 11 is 0. The predicted molar refractivity (Wildman–Crippen MR) is 57.8 cm³/mol. The summed E-state index contributed by atoms with van der Waals surface area (Å²) in [7, 11) is 0. The summed E-state index contributed by atoms with van der Waals surface area (Å²) in [5, 5.41) is 8.45. The van der Waals surface area contributed by atoms with Gasteiger partial charge < -0.3 is 4.74 Å². The average Bonchev–Trinajstić information content (AvgIpc) is 2.67. The number of nitrogens with zero attached hydrogens (tertiary/aromatic N) is 3. The van der Waals surface area contributed by atoms with Crippen LogP contribution in [0.25, 0.3) is 0 Å². The van der Waals surface area contributed by atoms with Crippen molar-refractivity contribution in [2.24, 2.45) is 0 Å². The molecule has 0 unspecified atom stereocenters. The Labute approximate surface area is 90.6 Å². The van der Waals surface area contributed by atoms with Gasteiger partial charge in [0.1, 0.15) is 0 Å². The van der Waals surface area contributed by atoms with Gasteiger partial charge in [-0.25, -0.2) is 4.68 Å². The van der Waals surface area contributed by atoms with Gasteiger partial charge in [-0.1, -0.05) is 26.0 Å². The normalized spacial score (nSPS) is 19.4. The Morgan fingerprint density at radius 3 is 2.53 bits per heavy atom. The Morgan fingerprint density at radius 2 is 2.00 bits per heavy atom. The number of ether oxygens (including phenoxy) is 1. The summed E-state index contributed by atoms with van der Waals surface area (Å²) in [5.74, 6) is 0. The summed E-state index contributed by atoms with van der Waals surface area (Å²) in [6, 6.07) is 0.474. The van der Waals surface area contributed by atoms with E-state index in [9.17, 15) is 0 Å². The lowest BCUT2D eigenvalue weighted by Gasteiger charge is -2.21. The van der Waals surface area contributed by atoms with E-state index in [0.717, 1.165) is 31.7 Å². The number of rotatable bonds is 1. The van der Waals surface area contributed by atoms with Crippen molar-refractivity contribution in [3.8, 4) is 0 Å². The van der Waals surface area contributed by atoms with Gasteiger partial charge in [-0.05, 0) is 12.8 Å². The van der Waals surface area contributed by atoms with Gasteiger partial charge in [0.2, 0.25) is 0 Å². The van der Waals surface area contributed by atoms with E-state index in [-0.39, 0.29) is 5.41 Å². The summed E-state index contributed by atoms with van der Waals surface area (Å²) in [6.07, 6.45) is 4.18. The number of hydrogen-bond acceptors (Lipinski definition) is 3. The van der Waals surface area contributed by atoms with Crippen molar-refractivity contribution < 1.29 is 4.74 Å². The van der Waals surface area contributed by atoms with Crippen molar-refractivity contribution in [3.63, 3.8) is 0 Å². The van der Waals surface area contributed by atoms with Crippen LogP contribution in [-0.4, -0.2) is 28.2 Å². The molecule has 0 radical (unpaired) electrons. The van der Waals surface area contributed by atoms with Crippen LogP contribution in [0.3, 0.4) is 0 Å². The van der Waals surface area contributed by atoms with Gasteiger partial charge in [0.15, 0.2) is 0 Å². The van der Waals surface area contributed by atoms with Crippen LogP contribution >= 0.6 is 0 Å².